The zero-order chi connectivity index (χ0) is 18.4. The Morgan fingerprint density at radius 2 is 1.96 bits per heavy atom. The number of halogens is 1. The van der Waals surface area contributed by atoms with Gasteiger partial charge in [-0.05, 0) is 38.5 Å². The highest BCUT2D eigenvalue weighted by atomic mass is 79.9. The Bertz CT molecular complexity index is 733. The Morgan fingerprint density at radius 1 is 1.28 bits per heavy atom. The number of aromatic nitrogens is 1. The van der Waals surface area contributed by atoms with Crippen LogP contribution in [0.1, 0.15) is 31.2 Å². The van der Waals surface area contributed by atoms with Crippen LogP contribution in [0, 0.1) is 6.92 Å². The van der Waals surface area contributed by atoms with Crippen LogP contribution < -0.4 is 10.6 Å². The van der Waals surface area contributed by atoms with E-state index < -0.39 is 0 Å². The number of rotatable bonds is 7. The lowest BCUT2D eigenvalue weighted by atomic mass is 10.1. The fraction of sp³-hybridized carbons (Fsp3) is 0.353. The molecule has 2 amide bonds. The number of thioether (sulfide) groups is 1. The predicted octanol–water partition coefficient (Wildman–Crippen LogP) is 3.68. The van der Waals surface area contributed by atoms with Crippen molar-refractivity contribution in [3.8, 4) is 0 Å². The molecule has 1 aromatic heterocycles. The summed E-state index contributed by atoms with van der Waals surface area (Å²) in [6.07, 6.45) is 0. The summed E-state index contributed by atoms with van der Waals surface area (Å²) >= 11 is 4.65. The summed E-state index contributed by atoms with van der Waals surface area (Å²) < 4.78 is 5.89. The minimum Gasteiger partial charge on any atom is -0.360 e. The molecule has 6 nitrogen and oxygen atoms in total. The molecule has 1 heterocycles. The van der Waals surface area contributed by atoms with Gasteiger partial charge in [0, 0.05) is 10.5 Å². The Hall–Kier alpha value is -1.80. The predicted molar refractivity (Wildman–Crippen MR) is 102 cm³/mol. The van der Waals surface area contributed by atoms with Crippen molar-refractivity contribution < 1.29 is 14.1 Å². The topological polar surface area (TPSA) is 84.2 Å². The van der Waals surface area contributed by atoms with Crippen LogP contribution in [0.3, 0.4) is 0 Å². The lowest BCUT2D eigenvalue weighted by Crippen LogP contribution is -2.30. The van der Waals surface area contributed by atoms with Gasteiger partial charge in [0.25, 0.3) is 0 Å². The molecule has 2 rings (SSSR count). The van der Waals surface area contributed by atoms with E-state index in [9.17, 15) is 9.59 Å². The van der Waals surface area contributed by atoms with E-state index in [4.69, 9.17) is 4.52 Å². The summed E-state index contributed by atoms with van der Waals surface area (Å²) in [5, 5.41) is 8.92. The molecular weight excluding hydrogens is 406 g/mol. The van der Waals surface area contributed by atoms with Crippen molar-refractivity contribution in [1.29, 1.82) is 0 Å². The SMILES string of the molecule is Cc1cc(NC(=O)C(C)SCC(=O)NC(C)c2ccc(Br)cc2)no1. The second-order valence-electron chi connectivity index (χ2n) is 5.61. The van der Waals surface area contributed by atoms with Gasteiger partial charge in [0.15, 0.2) is 5.82 Å². The number of carbonyl (C=O) groups excluding carboxylic acids is 2. The van der Waals surface area contributed by atoms with Crippen LogP contribution in [0.15, 0.2) is 39.3 Å². The van der Waals surface area contributed by atoms with Gasteiger partial charge in [-0.2, -0.15) is 0 Å². The standard InChI is InChI=1S/C17H20BrN3O3S/c1-10-8-15(21-24-10)20-17(23)12(3)25-9-16(22)19-11(2)13-4-6-14(18)7-5-13/h4-8,11-12H,9H2,1-3H3,(H,19,22)(H,20,21,23). The van der Waals surface area contributed by atoms with Crippen molar-refractivity contribution in [1.82, 2.24) is 10.5 Å². The second kappa shape index (κ2) is 9.05. The van der Waals surface area contributed by atoms with Crippen LogP contribution in [0.2, 0.25) is 0 Å². The summed E-state index contributed by atoms with van der Waals surface area (Å²) in [4.78, 5) is 24.1. The van der Waals surface area contributed by atoms with E-state index >= 15 is 0 Å². The monoisotopic (exact) mass is 425 g/mol. The Kier molecular flexibility index (Phi) is 7.07. The Labute approximate surface area is 159 Å². The number of amides is 2. The highest BCUT2D eigenvalue weighted by molar-refractivity contribution is 9.10. The number of aryl methyl sites for hydroxylation is 1. The fourth-order valence-electron chi connectivity index (χ4n) is 2.05. The summed E-state index contributed by atoms with van der Waals surface area (Å²) in [5.41, 5.74) is 1.02. The summed E-state index contributed by atoms with van der Waals surface area (Å²) in [5.74, 6) is 0.873. The smallest absolute Gasteiger partial charge is 0.238 e. The van der Waals surface area contributed by atoms with Crippen molar-refractivity contribution in [2.75, 3.05) is 11.1 Å². The molecule has 0 aliphatic carbocycles. The number of hydrogen-bond acceptors (Lipinski definition) is 5. The zero-order valence-corrected chi connectivity index (χ0v) is 16.6. The fourth-order valence-corrected chi connectivity index (χ4v) is 3.01. The van der Waals surface area contributed by atoms with Gasteiger partial charge in [-0.25, -0.2) is 0 Å². The second-order valence-corrected chi connectivity index (χ2v) is 7.85. The lowest BCUT2D eigenvalue weighted by molar-refractivity contribution is -0.119. The highest BCUT2D eigenvalue weighted by Crippen LogP contribution is 2.18. The van der Waals surface area contributed by atoms with Gasteiger partial charge in [0.1, 0.15) is 5.76 Å². The summed E-state index contributed by atoms with van der Waals surface area (Å²) in [6, 6.07) is 9.33. The van der Waals surface area contributed by atoms with Crippen LogP contribution in [0.4, 0.5) is 5.82 Å². The quantitative estimate of drug-likeness (QED) is 0.706. The molecule has 0 bridgehead atoms. The molecule has 0 spiro atoms. The maximum absolute atomic E-state index is 12.1. The highest BCUT2D eigenvalue weighted by Gasteiger charge is 2.17. The first kappa shape index (κ1) is 19.5. The minimum absolute atomic E-state index is 0.0940. The van der Waals surface area contributed by atoms with E-state index in [1.54, 1.807) is 19.9 Å². The Morgan fingerprint density at radius 3 is 2.56 bits per heavy atom. The first-order chi connectivity index (χ1) is 11.8. The van der Waals surface area contributed by atoms with Gasteiger partial charge in [-0.3, -0.25) is 9.59 Å². The summed E-state index contributed by atoms with van der Waals surface area (Å²) in [7, 11) is 0. The molecule has 0 saturated carbocycles. The van der Waals surface area contributed by atoms with Crippen LogP contribution in [-0.4, -0.2) is 28.0 Å². The van der Waals surface area contributed by atoms with Gasteiger partial charge < -0.3 is 15.2 Å². The lowest BCUT2D eigenvalue weighted by Gasteiger charge is -2.15. The average molecular weight is 426 g/mol. The van der Waals surface area contributed by atoms with Crippen molar-refractivity contribution >= 4 is 45.3 Å². The van der Waals surface area contributed by atoms with E-state index in [0.29, 0.717) is 11.6 Å². The third-order valence-corrected chi connectivity index (χ3v) is 5.13. The molecule has 0 radical (unpaired) electrons. The zero-order valence-electron chi connectivity index (χ0n) is 14.2. The Balaban J connectivity index is 1.76. The van der Waals surface area contributed by atoms with Gasteiger partial charge >= 0.3 is 0 Å². The number of nitrogens with one attached hydrogen (secondary N) is 2. The molecule has 134 valence electrons. The minimum atomic E-state index is -0.384. The van der Waals surface area contributed by atoms with Crippen molar-refractivity contribution in [3.05, 3.63) is 46.1 Å². The van der Waals surface area contributed by atoms with Crippen LogP contribution >= 0.6 is 27.7 Å². The molecule has 0 aliphatic rings. The van der Waals surface area contributed by atoms with Gasteiger partial charge in [-0.15, -0.1) is 11.8 Å². The molecule has 2 unspecified atom stereocenters. The molecule has 8 heteroatoms. The third-order valence-electron chi connectivity index (χ3n) is 3.46. The molecule has 0 saturated heterocycles. The number of anilines is 1. The van der Waals surface area contributed by atoms with Gasteiger partial charge in [-0.1, -0.05) is 33.2 Å². The van der Waals surface area contributed by atoms with Crippen LogP contribution in [-0.2, 0) is 9.59 Å². The van der Waals surface area contributed by atoms with Crippen molar-refractivity contribution in [2.45, 2.75) is 32.1 Å². The first-order valence-corrected chi connectivity index (χ1v) is 9.60. The van der Waals surface area contributed by atoms with E-state index in [0.717, 1.165) is 10.0 Å². The maximum atomic E-state index is 12.1. The van der Waals surface area contributed by atoms with Crippen molar-refractivity contribution in [2.24, 2.45) is 0 Å². The number of hydrogen-bond donors (Lipinski definition) is 2. The maximum Gasteiger partial charge on any atom is 0.238 e. The summed E-state index contributed by atoms with van der Waals surface area (Å²) in [6.45, 7) is 5.42. The van der Waals surface area contributed by atoms with E-state index in [-0.39, 0.29) is 28.9 Å². The molecule has 2 aromatic rings. The van der Waals surface area contributed by atoms with Crippen molar-refractivity contribution in [3.63, 3.8) is 0 Å². The number of benzene rings is 1. The molecule has 2 N–H and O–H groups in total. The molecule has 2 atom stereocenters. The van der Waals surface area contributed by atoms with Crippen LogP contribution in [0.25, 0.3) is 0 Å². The number of nitrogens with zero attached hydrogens (tertiary/aromatic N) is 1. The van der Waals surface area contributed by atoms with Gasteiger partial charge in [0.2, 0.25) is 11.8 Å². The van der Waals surface area contributed by atoms with E-state index in [1.165, 1.54) is 11.8 Å². The normalized spacial score (nSPS) is 13.1. The molecular formula is C17H20BrN3O3S. The van der Waals surface area contributed by atoms with E-state index in [1.807, 2.05) is 31.2 Å². The molecule has 25 heavy (non-hydrogen) atoms. The third kappa shape index (κ3) is 6.21. The molecule has 0 aliphatic heterocycles. The first-order valence-electron chi connectivity index (χ1n) is 7.75. The average Bonchev–Trinajstić information content (AvgIpc) is 2.98. The molecule has 0 fully saturated rings. The molecule has 1 aromatic carbocycles. The van der Waals surface area contributed by atoms with Gasteiger partial charge in [0.05, 0.1) is 17.0 Å². The largest absolute Gasteiger partial charge is 0.360 e. The number of carbonyl (C=O) groups is 2. The van der Waals surface area contributed by atoms with Crippen LogP contribution in [0.5, 0.6) is 0 Å². The van der Waals surface area contributed by atoms with E-state index in [2.05, 4.69) is 31.7 Å².